The summed E-state index contributed by atoms with van der Waals surface area (Å²) in [6.45, 7) is -0.258. The molecule has 0 spiro atoms. The summed E-state index contributed by atoms with van der Waals surface area (Å²) in [4.78, 5) is 33.0. The molecule has 1 aromatic heterocycles. The SMILES string of the molecule is O=C(CNC(=O)c1ccco1)NCC[C@H](O)C(=O)O. The number of hydrogen-bond acceptors (Lipinski definition) is 5. The van der Waals surface area contributed by atoms with Crippen molar-refractivity contribution in [2.75, 3.05) is 13.1 Å². The molecule has 0 aliphatic carbocycles. The highest BCUT2D eigenvalue weighted by atomic mass is 16.4. The van der Waals surface area contributed by atoms with Crippen molar-refractivity contribution in [1.82, 2.24) is 10.6 Å². The Morgan fingerprint density at radius 2 is 2.05 bits per heavy atom. The number of nitrogens with one attached hydrogen (secondary N) is 2. The average molecular weight is 270 g/mol. The summed E-state index contributed by atoms with van der Waals surface area (Å²) in [5.74, 6) is -2.27. The van der Waals surface area contributed by atoms with Gasteiger partial charge in [0.05, 0.1) is 12.8 Å². The Morgan fingerprint density at radius 1 is 1.32 bits per heavy atom. The van der Waals surface area contributed by atoms with E-state index in [0.29, 0.717) is 0 Å². The van der Waals surface area contributed by atoms with E-state index in [4.69, 9.17) is 14.6 Å². The molecule has 4 N–H and O–H groups in total. The third kappa shape index (κ3) is 5.21. The summed E-state index contributed by atoms with van der Waals surface area (Å²) >= 11 is 0. The molecule has 1 atom stereocenters. The molecule has 0 aliphatic heterocycles. The fourth-order valence-corrected chi connectivity index (χ4v) is 1.19. The van der Waals surface area contributed by atoms with Gasteiger partial charge in [0, 0.05) is 13.0 Å². The van der Waals surface area contributed by atoms with E-state index >= 15 is 0 Å². The van der Waals surface area contributed by atoms with E-state index in [0.717, 1.165) is 0 Å². The molecule has 8 heteroatoms. The Morgan fingerprint density at radius 3 is 2.63 bits per heavy atom. The minimum atomic E-state index is -1.52. The zero-order chi connectivity index (χ0) is 14.3. The van der Waals surface area contributed by atoms with Crippen molar-refractivity contribution in [3.63, 3.8) is 0 Å². The molecule has 1 heterocycles. The zero-order valence-electron chi connectivity index (χ0n) is 9.96. The predicted molar refractivity (Wildman–Crippen MR) is 62.3 cm³/mol. The first-order chi connectivity index (χ1) is 9.00. The van der Waals surface area contributed by atoms with E-state index < -0.39 is 23.9 Å². The summed E-state index contributed by atoms with van der Waals surface area (Å²) in [6, 6.07) is 3.00. The first-order valence-corrected chi connectivity index (χ1v) is 5.50. The number of aliphatic hydroxyl groups excluding tert-OH is 1. The Hall–Kier alpha value is -2.35. The topological polar surface area (TPSA) is 129 Å². The molecule has 0 unspecified atom stereocenters. The quantitative estimate of drug-likeness (QED) is 0.501. The predicted octanol–water partition coefficient (Wildman–Crippen LogP) is -1.04. The molecule has 0 radical (unpaired) electrons. The third-order valence-corrected chi connectivity index (χ3v) is 2.18. The van der Waals surface area contributed by atoms with Crippen LogP contribution in [0.1, 0.15) is 17.0 Å². The average Bonchev–Trinajstić information content (AvgIpc) is 2.89. The lowest BCUT2D eigenvalue weighted by Crippen LogP contribution is -2.38. The van der Waals surface area contributed by atoms with Crippen molar-refractivity contribution >= 4 is 17.8 Å². The van der Waals surface area contributed by atoms with E-state index in [1.54, 1.807) is 6.07 Å². The van der Waals surface area contributed by atoms with Crippen LogP contribution in [0.15, 0.2) is 22.8 Å². The Kier molecular flexibility index (Phi) is 5.55. The number of amides is 2. The molecule has 19 heavy (non-hydrogen) atoms. The fraction of sp³-hybridized carbons (Fsp3) is 0.364. The minimum absolute atomic E-state index is 0.00290. The molecule has 1 rings (SSSR count). The second kappa shape index (κ2) is 7.17. The smallest absolute Gasteiger partial charge is 0.332 e. The van der Waals surface area contributed by atoms with Crippen molar-refractivity contribution in [2.45, 2.75) is 12.5 Å². The van der Waals surface area contributed by atoms with Crippen molar-refractivity contribution < 1.29 is 29.0 Å². The van der Waals surface area contributed by atoms with Crippen molar-refractivity contribution in [1.29, 1.82) is 0 Å². The van der Waals surface area contributed by atoms with Gasteiger partial charge in [-0.1, -0.05) is 0 Å². The lowest BCUT2D eigenvalue weighted by Gasteiger charge is -2.07. The summed E-state index contributed by atoms with van der Waals surface area (Å²) in [5, 5.41) is 22.0. The maximum absolute atomic E-state index is 11.4. The number of rotatable bonds is 7. The number of carboxylic acids is 1. The highest BCUT2D eigenvalue weighted by molar-refractivity contribution is 5.94. The van der Waals surface area contributed by atoms with E-state index in [1.807, 2.05) is 0 Å². The van der Waals surface area contributed by atoms with Crippen LogP contribution in [0.3, 0.4) is 0 Å². The molecule has 0 aromatic carbocycles. The lowest BCUT2D eigenvalue weighted by atomic mass is 10.2. The maximum atomic E-state index is 11.4. The van der Waals surface area contributed by atoms with Gasteiger partial charge in [0.2, 0.25) is 5.91 Å². The molecule has 0 aliphatic rings. The Balaban J connectivity index is 2.18. The number of carboxylic acid groups (broad SMARTS) is 1. The van der Waals surface area contributed by atoms with Gasteiger partial charge in [-0.15, -0.1) is 0 Å². The second-order valence-corrected chi connectivity index (χ2v) is 3.65. The van der Waals surface area contributed by atoms with E-state index in [-0.39, 0.29) is 25.3 Å². The van der Waals surface area contributed by atoms with E-state index in [9.17, 15) is 14.4 Å². The Labute approximate surface area is 108 Å². The van der Waals surface area contributed by atoms with Crippen LogP contribution < -0.4 is 10.6 Å². The highest BCUT2D eigenvalue weighted by Gasteiger charge is 2.13. The molecule has 0 saturated heterocycles. The summed E-state index contributed by atoms with van der Waals surface area (Å²) < 4.78 is 4.82. The van der Waals surface area contributed by atoms with Crippen LogP contribution >= 0.6 is 0 Å². The van der Waals surface area contributed by atoms with Crippen molar-refractivity contribution in [3.05, 3.63) is 24.2 Å². The standard InChI is InChI=1S/C11H14N2O6/c14-7(11(17)18)3-4-12-9(15)6-13-10(16)8-2-1-5-19-8/h1-2,5,7,14H,3-4,6H2,(H,12,15)(H,13,16)(H,17,18)/t7-/m0/s1. The lowest BCUT2D eigenvalue weighted by molar-refractivity contribution is -0.147. The number of aliphatic carboxylic acids is 1. The molecule has 8 nitrogen and oxygen atoms in total. The number of hydrogen-bond donors (Lipinski definition) is 4. The van der Waals surface area contributed by atoms with Crippen LogP contribution in [0.4, 0.5) is 0 Å². The van der Waals surface area contributed by atoms with Crippen LogP contribution in [0.2, 0.25) is 0 Å². The number of carbonyl (C=O) groups is 3. The molecule has 0 fully saturated rings. The largest absolute Gasteiger partial charge is 0.479 e. The molecule has 1 aromatic rings. The Bertz CT molecular complexity index is 442. The van der Waals surface area contributed by atoms with E-state index in [2.05, 4.69) is 10.6 Å². The van der Waals surface area contributed by atoms with Gasteiger partial charge in [-0.05, 0) is 12.1 Å². The van der Waals surface area contributed by atoms with Crippen LogP contribution in [0.25, 0.3) is 0 Å². The van der Waals surface area contributed by atoms with Crippen LogP contribution in [-0.2, 0) is 9.59 Å². The van der Waals surface area contributed by atoms with Crippen LogP contribution in [-0.4, -0.2) is 47.2 Å². The van der Waals surface area contributed by atoms with Crippen LogP contribution in [0.5, 0.6) is 0 Å². The summed E-state index contributed by atoms with van der Waals surface area (Å²) in [5.41, 5.74) is 0. The van der Waals surface area contributed by atoms with Gasteiger partial charge in [0.15, 0.2) is 11.9 Å². The summed E-state index contributed by atoms with van der Waals surface area (Å²) in [6.07, 6.45) is -0.284. The highest BCUT2D eigenvalue weighted by Crippen LogP contribution is 1.98. The molecule has 0 bridgehead atoms. The first kappa shape index (κ1) is 14.7. The number of aliphatic hydroxyl groups is 1. The normalized spacial score (nSPS) is 11.6. The van der Waals surface area contributed by atoms with Crippen molar-refractivity contribution in [3.8, 4) is 0 Å². The third-order valence-electron chi connectivity index (χ3n) is 2.18. The van der Waals surface area contributed by atoms with Gasteiger partial charge in [0.1, 0.15) is 0 Å². The zero-order valence-corrected chi connectivity index (χ0v) is 9.96. The summed E-state index contributed by atoms with van der Waals surface area (Å²) in [7, 11) is 0. The molecular formula is C11H14N2O6. The van der Waals surface area contributed by atoms with Gasteiger partial charge in [-0.2, -0.15) is 0 Å². The number of furan rings is 1. The monoisotopic (exact) mass is 270 g/mol. The second-order valence-electron chi connectivity index (χ2n) is 3.65. The first-order valence-electron chi connectivity index (χ1n) is 5.50. The molecule has 0 saturated carbocycles. The van der Waals surface area contributed by atoms with Gasteiger partial charge < -0.3 is 25.3 Å². The van der Waals surface area contributed by atoms with Gasteiger partial charge in [-0.3, -0.25) is 9.59 Å². The van der Waals surface area contributed by atoms with Gasteiger partial charge in [-0.25, -0.2) is 4.79 Å². The number of carbonyl (C=O) groups excluding carboxylic acids is 2. The molecule has 2 amide bonds. The van der Waals surface area contributed by atoms with Crippen molar-refractivity contribution in [2.24, 2.45) is 0 Å². The molecular weight excluding hydrogens is 256 g/mol. The molecule has 104 valence electrons. The fourth-order valence-electron chi connectivity index (χ4n) is 1.19. The van der Waals surface area contributed by atoms with Gasteiger partial charge in [0.25, 0.3) is 5.91 Å². The maximum Gasteiger partial charge on any atom is 0.332 e. The van der Waals surface area contributed by atoms with Crippen LogP contribution in [0, 0.1) is 0 Å². The van der Waals surface area contributed by atoms with E-state index in [1.165, 1.54) is 12.3 Å². The minimum Gasteiger partial charge on any atom is -0.479 e. The van der Waals surface area contributed by atoms with Gasteiger partial charge >= 0.3 is 5.97 Å².